The van der Waals surface area contributed by atoms with Crippen LogP contribution < -0.4 is 10.2 Å². The molecule has 3 rings (SSSR count). The number of nitrogens with one attached hydrogen (secondary N) is 1. The fourth-order valence-corrected chi connectivity index (χ4v) is 2.43. The summed E-state index contributed by atoms with van der Waals surface area (Å²) >= 11 is 0. The fraction of sp³-hybridized carbons (Fsp3) is 0.538. The van der Waals surface area contributed by atoms with E-state index in [4.69, 9.17) is 0 Å². The summed E-state index contributed by atoms with van der Waals surface area (Å²) in [6.07, 6.45) is 4.49. The highest BCUT2D eigenvalue weighted by Gasteiger charge is 2.21. The Hall–Kier alpha value is -2.18. The van der Waals surface area contributed by atoms with Crippen molar-refractivity contribution in [3.8, 4) is 0 Å². The SMILES string of the molecule is CCCNc1ncnc(N2CCn3cnnc3C2)c1C. The topological polar surface area (TPSA) is 71.8 Å². The minimum atomic E-state index is 0.741. The molecular formula is C13H19N7. The van der Waals surface area contributed by atoms with Crippen molar-refractivity contribution >= 4 is 11.6 Å². The Labute approximate surface area is 118 Å². The number of fused-ring (bicyclic) bond motifs is 1. The van der Waals surface area contributed by atoms with Crippen LogP contribution in [0, 0.1) is 6.92 Å². The minimum Gasteiger partial charge on any atom is -0.370 e. The van der Waals surface area contributed by atoms with E-state index in [1.165, 1.54) is 0 Å². The molecule has 0 fully saturated rings. The van der Waals surface area contributed by atoms with Gasteiger partial charge in [-0.15, -0.1) is 10.2 Å². The van der Waals surface area contributed by atoms with E-state index in [-0.39, 0.29) is 0 Å². The normalized spacial score (nSPS) is 14.2. The standard InChI is InChI=1S/C13H19N7/c1-3-4-14-12-10(2)13(16-8-15-12)19-5-6-20-9-17-18-11(20)7-19/h8-9H,3-7H2,1-2H3,(H,14,15,16). The molecule has 0 unspecified atom stereocenters. The Bertz CT molecular complexity index is 592. The van der Waals surface area contributed by atoms with Crippen LogP contribution in [0.3, 0.4) is 0 Å². The fourth-order valence-electron chi connectivity index (χ4n) is 2.43. The Kier molecular flexibility index (Phi) is 3.49. The maximum atomic E-state index is 4.45. The van der Waals surface area contributed by atoms with Gasteiger partial charge in [-0.2, -0.15) is 0 Å². The molecule has 0 saturated heterocycles. The van der Waals surface area contributed by atoms with Gasteiger partial charge < -0.3 is 14.8 Å². The maximum absolute atomic E-state index is 4.45. The first-order chi connectivity index (χ1) is 9.79. The number of hydrogen-bond acceptors (Lipinski definition) is 6. The monoisotopic (exact) mass is 273 g/mol. The Morgan fingerprint density at radius 1 is 1.30 bits per heavy atom. The average Bonchev–Trinajstić information content (AvgIpc) is 2.93. The van der Waals surface area contributed by atoms with Gasteiger partial charge in [-0.25, -0.2) is 9.97 Å². The predicted octanol–water partition coefficient (Wildman–Crippen LogP) is 1.22. The van der Waals surface area contributed by atoms with Gasteiger partial charge in [0.25, 0.3) is 0 Å². The summed E-state index contributed by atoms with van der Waals surface area (Å²) in [6, 6.07) is 0. The van der Waals surface area contributed by atoms with E-state index in [1.807, 2.05) is 0 Å². The van der Waals surface area contributed by atoms with E-state index in [0.717, 1.165) is 55.6 Å². The van der Waals surface area contributed by atoms with Crippen LogP contribution in [0.4, 0.5) is 11.6 Å². The highest BCUT2D eigenvalue weighted by molar-refractivity contribution is 5.58. The molecule has 0 spiro atoms. The van der Waals surface area contributed by atoms with Crippen molar-refractivity contribution < 1.29 is 0 Å². The van der Waals surface area contributed by atoms with E-state index in [0.29, 0.717) is 0 Å². The van der Waals surface area contributed by atoms with Crippen molar-refractivity contribution in [1.29, 1.82) is 0 Å². The lowest BCUT2D eigenvalue weighted by Gasteiger charge is -2.29. The van der Waals surface area contributed by atoms with Crippen LogP contribution in [0.2, 0.25) is 0 Å². The molecule has 106 valence electrons. The molecule has 2 aromatic heterocycles. The van der Waals surface area contributed by atoms with E-state index >= 15 is 0 Å². The van der Waals surface area contributed by atoms with Crippen LogP contribution >= 0.6 is 0 Å². The molecule has 2 aromatic rings. The number of hydrogen-bond donors (Lipinski definition) is 1. The lowest BCUT2D eigenvalue weighted by atomic mass is 10.2. The van der Waals surface area contributed by atoms with E-state index < -0.39 is 0 Å². The highest BCUT2D eigenvalue weighted by Crippen LogP contribution is 2.25. The van der Waals surface area contributed by atoms with Gasteiger partial charge in [0.05, 0.1) is 6.54 Å². The Balaban J connectivity index is 1.84. The summed E-state index contributed by atoms with van der Waals surface area (Å²) < 4.78 is 2.09. The molecule has 0 atom stereocenters. The van der Waals surface area contributed by atoms with Crippen molar-refractivity contribution in [2.45, 2.75) is 33.4 Å². The molecule has 0 bridgehead atoms. The average molecular weight is 273 g/mol. The molecule has 7 heteroatoms. The van der Waals surface area contributed by atoms with Crippen molar-refractivity contribution in [2.75, 3.05) is 23.3 Å². The van der Waals surface area contributed by atoms with Crippen LogP contribution in [-0.4, -0.2) is 37.8 Å². The summed E-state index contributed by atoms with van der Waals surface area (Å²) in [4.78, 5) is 11.0. The highest BCUT2D eigenvalue weighted by atomic mass is 15.3. The van der Waals surface area contributed by atoms with Gasteiger partial charge in [0.1, 0.15) is 24.3 Å². The molecule has 1 aliphatic rings. The van der Waals surface area contributed by atoms with Crippen molar-refractivity contribution in [2.24, 2.45) is 0 Å². The quantitative estimate of drug-likeness (QED) is 0.903. The molecule has 0 amide bonds. The third-order valence-corrected chi connectivity index (χ3v) is 3.54. The smallest absolute Gasteiger partial charge is 0.152 e. The molecule has 1 aliphatic heterocycles. The molecule has 1 N–H and O–H groups in total. The predicted molar refractivity (Wildman–Crippen MR) is 76.6 cm³/mol. The van der Waals surface area contributed by atoms with Crippen LogP contribution in [0.25, 0.3) is 0 Å². The second-order valence-corrected chi connectivity index (χ2v) is 4.96. The zero-order chi connectivity index (χ0) is 13.9. The zero-order valence-corrected chi connectivity index (χ0v) is 11.9. The first-order valence-electron chi connectivity index (χ1n) is 6.96. The summed E-state index contributed by atoms with van der Waals surface area (Å²) in [5, 5.41) is 11.4. The maximum Gasteiger partial charge on any atom is 0.152 e. The van der Waals surface area contributed by atoms with E-state index in [9.17, 15) is 0 Å². The van der Waals surface area contributed by atoms with Crippen LogP contribution in [0.5, 0.6) is 0 Å². The summed E-state index contributed by atoms with van der Waals surface area (Å²) in [7, 11) is 0. The van der Waals surface area contributed by atoms with Gasteiger partial charge in [-0.05, 0) is 13.3 Å². The third-order valence-electron chi connectivity index (χ3n) is 3.54. The minimum absolute atomic E-state index is 0.741. The number of rotatable bonds is 4. The molecule has 0 aliphatic carbocycles. The van der Waals surface area contributed by atoms with Gasteiger partial charge in [0.15, 0.2) is 5.82 Å². The summed E-state index contributed by atoms with van der Waals surface area (Å²) in [5.41, 5.74) is 1.09. The second-order valence-electron chi connectivity index (χ2n) is 4.96. The van der Waals surface area contributed by atoms with Gasteiger partial charge in [-0.1, -0.05) is 6.92 Å². The van der Waals surface area contributed by atoms with Crippen molar-refractivity contribution in [1.82, 2.24) is 24.7 Å². The van der Waals surface area contributed by atoms with E-state index in [1.54, 1.807) is 12.7 Å². The van der Waals surface area contributed by atoms with Crippen LogP contribution in [0.1, 0.15) is 24.7 Å². The lowest BCUT2D eigenvalue weighted by molar-refractivity contribution is 0.555. The molecule has 20 heavy (non-hydrogen) atoms. The van der Waals surface area contributed by atoms with Crippen LogP contribution in [0.15, 0.2) is 12.7 Å². The number of aromatic nitrogens is 5. The zero-order valence-electron chi connectivity index (χ0n) is 11.9. The summed E-state index contributed by atoms with van der Waals surface area (Å²) in [6.45, 7) is 7.67. The second kappa shape index (κ2) is 5.44. The largest absolute Gasteiger partial charge is 0.370 e. The molecule has 7 nitrogen and oxygen atoms in total. The number of nitrogens with zero attached hydrogens (tertiary/aromatic N) is 6. The van der Waals surface area contributed by atoms with E-state index in [2.05, 4.69) is 48.8 Å². The van der Waals surface area contributed by atoms with Crippen molar-refractivity contribution in [3.63, 3.8) is 0 Å². The van der Waals surface area contributed by atoms with Crippen molar-refractivity contribution in [3.05, 3.63) is 24.0 Å². The first kappa shape index (κ1) is 12.8. The molecule has 3 heterocycles. The summed E-state index contributed by atoms with van der Waals surface area (Å²) in [5.74, 6) is 2.88. The van der Waals surface area contributed by atoms with Gasteiger partial charge in [0.2, 0.25) is 0 Å². The Morgan fingerprint density at radius 3 is 3.05 bits per heavy atom. The Morgan fingerprint density at radius 2 is 2.20 bits per heavy atom. The number of anilines is 2. The van der Waals surface area contributed by atoms with Gasteiger partial charge >= 0.3 is 0 Å². The first-order valence-corrected chi connectivity index (χ1v) is 6.96. The van der Waals surface area contributed by atoms with Crippen LogP contribution in [-0.2, 0) is 13.1 Å². The van der Waals surface area contributed by atoms with Gasteiger partial charge in [-0.3, -0.25) is 0 Å². The lowest BCUT2D eigenvalue weighted by Crippen LogP contribution is -2.34. The molecule has 0 saturated carbocycles. The molecule has 0 aromatic carbocycles. The third kappa shape index (κ3) is 2.31. The molecular weight excluding hydrogens is 254 g/mol. The molecule has 0 radical (unpaired) electrons. The van der Waals surface area contributed by atoms with Gasteiger partial charge in [0, 0.05) is 25.2 Å².